The standard InChI is InChI=1S/C19H23ClN2O3S/c1-15-6-8-19(9-7-15)26(24,25)21-11-13-22(16(2)23)12-10-17-4-3-5-18(20)14-17/h3-9,14,21H,10-13H2,1-2H3. The van der Waals surface area contributed by atoms with Gasteiger partial charge in [0.1, 0.15) is 0 Å². The summed E-state index contributed by atoms with van der Waals surface area (Å²) in [4.78, 5) is 13.7. The third-order valence-electron chi connectivity index (χ3n) is 4.01. The van der Waals surface area contributed by atoms with Crippen LogP contribution >= 0.6 is 11.6 Å². The van der Waals surface area contributed by atoms with E-state index in [9.17, 15) is 13.2 Å². The van der Waals surface area contributed by atoms with Crippen LogP contribution in [0.2, 0.25) is 5.02 Å². The number of halogens is 1. The summed E-state index contributed by atoms with van der Waals surface area (Å²) >= 11 is 5.97. The van der Waals surface area contributed by atoms with Gasteiger partial charge in [-0.2, -0.15) is 0 Å². The number of carbonyl (C=O) groups excluding carboxylic acids is 1. The van der Waals surface area contributed by atoms with Gasteiger partial charge in [-0.3, -0.25) is 4.79 Å². The number of amides is 1. The molecule has 2 aromatic carbocycles. The molecule has 2 rings (SSSR count). The summed E-state index contributed by atoms with van der Waals surface area (Å²) in [5, 5.41) is 0.655. The van der Waals surface area contributed by atoms with E-state index in [0.29, 0.717) is 24.5 Å². The SMILES string of the molecule is CC(=O)N(CCNS(=O)(=O)c1ccc(C)cc1)CCc1cccc(Cl)c1. The van der Waals surface area contributed by atoms with Gasteiger partial charge in [-0.25, -0.2) is 13.1 Å². The Balaban J connectivity index is 1.90. The van der Waals surface area contributed by atoms with Crippen LogP contribution in [0, 0.1) is 6.92 Å². The predicted octanol–water partition coefficient (Wildman–Crippen LogP) is 3.02. The number of sulfonamides is 1. The minimum atomic E-state index is -3.58. The molecule has 0 saturated carbocycles. The largest absolute Gasteiger partial charge is 0.341 e. The van der Waals surface area contributed by atoms with E-state index in [2.05, 4.69) is 4.72 Å². The molecule has 0 unspecified atom stereocenters. The zero-order chi connectivity index (χ0) is 19.2. The van der Waals surface area contributed by atoms with Crippen LogP contribution in [-0.4, -0.2) is 38.9 Å². The lowest BCUT2D eigenvalue weighted by Crippen LogP contribution is -2.38. The lowest BCUT2D eigenvalue weighted by Gasteiger charge is -2.21. The van der Waals surface area contributed by atoms with Gasteiger partial charge >= 0.3 is 0 Å². The van der Waals surface area contributed by atoms with Crippen LogP contribution in [0.15, 0.2) is 53.4 Å². The summed E-state index contributed by atoms with van der Waals surface area (Å²) < 4.78 is 27.1. The summed E-state index contributed by atoms with van der Waals surface area (Å²) in [6, 6.07) is 14.1. The maximum absolute atomic E-state index is 12.3. The van der Waals surface area contributed by atoms with Crippen LogP contribution < -0.4 is 4.72 Å². The first kappa shape index (κ1) is 20.4. The Morgan fingerprint density at radius 1 is 1.12 bits per heavy atom. The number of nitrogens with one attached hydrogen (secondary N) is 1. The molecule has 0 aliphatic carbocycles. The number of hydrogen-bond acceptors (Lipinski definition) is 3. The van der Waals surface area contributed by atoms with Crippen molar-refractivity contribution in [2.24, 2.45) is 0 Å². The van der Waals surface area contributed by atoms with Crippen molar-refractivity contribution in [3.63, 3.8) is 0 Å². The molecule has 0 aromatic heterocycles. The number of rotatable bonds is 8. The average Bonchev–Trinajstić information content (AvgIpc) is 2.58. The third-order valence-corrected chi connectivity index (χ3v) is 5.72. The molecule has 1 N–H and O–H groups in total. The van der Waals surface area contributed by atoms with Crippen molar-refractivity contribution < 1.29 is 13.2 Å². The molecule has 0 fully saturated rings. The topological polar surface area (TPSA) is 66.5 Å². The molecule has 7 heteroatoms. The second kappa shape index (κ2) is 9.16. The number of aryl methyl sites for hydroxylation is 1. The maximum Gasteiger partial charge on any atom is 0.240 e. The average molecular weight is 395 g/mol. The molecule has 0 spiro atoms. The van der Waals surface area contributed by atoms with Gasteiger partial charge in [0.05, 0.1) is 4.90 Å². The van der Waals surface area contributed by atoms with Gasteiger partial charge in [-0.15, -0.1) is 0 Å². The number of hydrogen-bond donors (Lipinski definition) is 1. The van der Waals surface area contributed by atoms with Gasteiger partial charge in [0.15, 0.2) is 0 Å². The molecule has 140 valence electrons. The highest BCUT2D eigenvalue weighted by molar-refractivity contribution is 7.89. The Morgan fingerprint density at radius 2 is 1.81 bits per heavy atom. The highest BCUT2D eigenvalue weighted by Gasteiger charge is 2.15. The van der Waals surface area contributed by atoms with E-state index in [0.717, 1.165) is 11.1 Å². The summed E-state index contributed by atoms with van der Waals surface area (Å²) in [7, 11) is -3.58. The van der Waals surface area contributed by atoms with E-state index in [1.165, 1.54) is 6.92 Å². The molecule has 0 radical (unpaired) electrons. The van der Waals surface area contributed by atoms with Gasteiger partial charge in [-0.05, 0) is 43.2 Å². The molecule has 0 aliphatic heterocycles. The van der Waals surface area contributed by atoms with Gasteiger partial charge < -0.3 is 4.90 Å². The Bertz CT molecular complexity index is 851. The van der Waals surface area contributed by atoms with Crippen LogP contribution in [0.1, 0.15) is 18.1 Å². The first-order chi connectivity index (χ1) is 12.3. The van der Waals surface area contributed by atoms with E-state index in [4.69, 9.17) is 11.6 Å². The Hall–Kier alpha value is -1.89. The van der Waals surface area contributed by atoms with Crippen LogP contribution in [0.25, 0.3) is 0 Å². The molecule has 0 aliphatic rings. The quantitative estimate of drug-likeness (QED) is 0.748. The van der Waals surface area contributed by atoms with E-state index >= 15 is 0 Å². The lowest BCUT2D eigenvalue weighted by molar-refractivity contribution is -0.128. The second-order valence-electron chi connectivity index (χ2n) is 6.10. The van der Waals surface area contributed by atoms with Crippen LogP contribution in [0.5, 0.6) is 0 Å². The molecule has 0 bridgehead atoms. The summed E-state index contributed by atoms with van der Waals surface area (Å²) in [6.07, 6.45) is 0.658. The molecule has 0 atom stereocenters. The van der Waals surface area contributed by atoms with E-state index < -0.39 is 10.0 Å². The molecule has 2 aromatic rings. The smallest absolute Gasteiger partial charge is 0.240 e. The van der Waals surface area contributed by atoms with Crippen molar-refractivity contribution >= 4 is 27.5 Å². The summed E-state index contributed by atoms with van der Waals surface area (Å²) in [5.74, 6) is -0.0958. The van der Waals surface area contributed by atoms with Crippen LogP contribution in [0.4, 0.5) is 0 Å². The fourth-order valence-corrected chi connectivity index (χ4v) is 3.73. The van der Waals surface area contributed by atoms with Crippen molar-refractivity contribution in [3.8, 4) is 0 Å². The zero-order valence-corrected chi connectivity index (χ0v) is 16.5. The van der Waals surface area contributed by atoms with Crippen molar-refractivity contribution in [2.45, 2.75) is 25.2 Å². The molecular weight excluding hydrogens is 372 g/mol. The van der Waals surface area contributed by atoms with E-state index in [1.807, 2.05) is 25.1 Å². The Morgan fingerprint density at radius 3 is 2.42 bits per heavy atom. The summed E-state index contributed by atoms with van der Waals surface area (Å²) in [6.45, 7) is 4.34. The lowest BCUT2D eigenvalue weighted by atomic mass is 10.1. The first-order valence-corrected chi connectivity index (χ1v) is 10.2. The first-order valence-electron chi connectivity index (χ1n) is 8.34. The van der Waals surface area contributed by atoms with Gasteiger partial charge in [0.2, 0.25) is 15.9 Å². The molecule has 26 heavy (non-hydrogen) atoms. The fraction of sp³-hybridized carbons (Fsp3) is 0.316. The molecule has 0 heterocycles. The van der Waals surface area contributed by atoms with E-state index in [-0.39, 0.29) is 17.3 Å². The Labute approximate surface area is 160 Å². The van der Waals surface area contributed by atoms with Crippen molar-refractivity contribution in [2.75, 3.05) is 19.6 Å². The minimum Gasteiger partial charge on any atom is -0.341 e. The van der Waals surface area contributed by atoms with Crippen molar-refractivity contribution in [1.29, 1.82) is 0 Å². The molecule has 5 nitrogen and oxygen atoms in total. The predicted molar refractivity (Wildman–Crippen MR) is 104 cm³/mol. The van der Waals surface area contributed by atoms with Crippen LogP contribution in [0.3, 0.4) is 0 Å². The van der Waals surface area contributed by atoms with Crippen LogP contribution in [-0.2, 0) is 21.2 Å². The second-order valence-corrected chi connectivity index (χ2v) is 8.30. The maximum atomic E-state index is 12.3. The zero-order valence-electron chi connectivity index (χ0n) is 14.9. The number of nitrogens with zero attached hydrogens (tertiary/aromatic N) is 1. The Kier molecular flexibility index (Phi) is 7.20. The third kappa shape index (κ3) is 6.12. The fourth-order valence-electron chi connectivity index (χ4n) is 2.50. The number of benzene rings is 2. The molecule has 0 saturated heterocycles. The molecular formula is C19H23ClN2O3S. The normalized spacial score (nSPS) is 11.3. The van der Waals surface area contributed by atoms with Gasteiger partial charge in [-0.1, -0.05) is 41.4 Å². The van der Waals surface area contributed by atoms with Gasteiger partial charge in [0.25, 0.3) is 0 Å². The van der Waals surface area contributed by atoms with Crippen molar-refractivity contribution in [1.82, 2.24) is 9.62 Å². The number of carbonyl (C=O) groups is 1. The monoisotopic (exact) mass is 394 g/mol. The van der Waals surface area contributed by atoms with E-state index in [1.54, 1.807) is 35.2 Å². The van der Waals surface area contributed by atoms with Gasteiger partial charge in [0, 0.05) is 31.6 Å². The van der Waals surface area contributed by atoms with Crippen molar-refractivity contribution in [3.05, 3.63) is 64.7 Å². The summed E-state index contributed by atoms with van der Waals surface area (Å²) in [5.41, 5.74) is 2.02. The minimum absolute atomic E-state index is 0.0958. The highest BCUT2D eigenvalue weighted by Crippen LogP contribution is 2.12. The molecule has 1 amide bonds. The highest BCUT2D eigenvalue weighted by atomic mass is 35.5.